The molecule has 3 rings (SSSR count). The zero-order chi connectivity index (χ0) is 19.2. The minimum Gasteiger partial charge on any atom is -0.497 e. The van der Waals surface area contributed by atoms with E-state index in [-0.39, 0.29) is 12.5 Å². The van der Waals surface area contributed by atoms with E-state index in [1.165, 1.54) is 6.20 Å². The molecule has 0 fully saturated rings. The van der Waals surface area contributed by atoms with Gasteiger partial charge in [0.15, 0.2) is 0 Å². The lowest BCUT2D eigenvalue weighted by Crippen LogP contribution is -2.31. The Bertz CT molecular complexity index is 982. The van der Waals surface area contributed by atoms with Crippen molar-refractivity contribution in [1.82, 2.24) is 14.8 Å². The molecule has 1 N–H and O–H groups in total. The summed E-state index contributed by atoms with van der Waals surface area (Å²) in [5.74, 6) is 1.01. The van der Waals surface area contributed by atoms with Crippen LogP contribution in [0.25, 0.3) is 11.3 Å². The van der Waals surface area contributed by atoms with Crippen LogP contribution in [-0.2, 0) is 11.3 Å². The number of aromatic nitrogens is 3. The Morgan fingerprint density at radius 2 is 1.59 bits per heavy atom. The second kappa shape index (κ2) is 8.13. The SMILES string of the molecule is COc1ccc(NC(=O)Cn2ncc(-c3ccc(OC)cc3)nc2=O)cc1. The first-order valence-corrected chi connectivity index (χ1v) is 8.11. The molecular formula is C19H18N4O4. The number of ether oxygens (including phenoxy) is 2. The van der Waals surface area contributed by atoms with Crippen molar-refractivity contribution in [3.05, 3.63) is 65.2 Å². The topological polar surface area (TPSA) is 95.3 Å². The van der Waals surface area contributed by atoms with Gasteiger partial charge in [0.2, 0.25) is 5.91 Å². The van der Waals surface area contributed by atoms with Gasteiger partial charge >= 0.3 is 5.69 Å². The van der Waals surface area contributed by atoms with Gasteiger partial charge in [0.25, 0.3) is 0 Å². The minimum atomic E-state index is -0.604. The molecule has 3 aromatic rings. The largest absolute Gasteiger partial charge is 0.497 e. The zero-order valence-corrected chi connectivity index (χ0v) is 14.9. The fraction of sp³-hybridized carbons (Fsp3) is 0.158. The Kier molecular flexibility index (Phi) is 5.46. The van der Waals surface area contributed by atoms with Crippen LogP contribution in [0, 0.1) is 0 Å². The summed E-state index contributed by atoms with van der Waals surface area (Å²) < 4.78 is 11.2. The quantitative estimate of drug-likeness (QED) is 0.717. The van der Waals surface area contributed by atoms with Crippen LogP contribution in [0.2, 0.25) is 0 Å². The van der Waals surface area contributed by atoms with E-state index in [0.29, 0.717) is 22.9 Å². The standard InChI is InChI=1S/C19H18N4O4/c1-26-15-7-3-13(4-8-15)17-11-20-23(19(25)22-17)12-18(24)21-14-5-9-16(27-2)10-6-14/h3-11H,12H2,1-2H3,(H,21,24). The molecule has 138 valence electrons. The van der Waals surface area contributed by atoms with E-state index < -0.39 is 5.69 Å². The normalized spacial score (nSPS) is 10.3. The Hall–Kier alpha value is -3.68. The van der Waals surface area contributed by atoms with Crippen LogP contribution in [0.5, 0.6) is 11.5 Å². The van der Waals surface area contributed by atoms with Crippen LogP contribution >= 0.6 is 0 Å². The molecule has 0 saturated carbocycles. The van der Waals surface area contributed by atoms with E-state index in [4.69, 9.17) is 9.47 Å². The van der Waals surface area contributed by atoms with Gasteiger partial charge in [-0.1, -0.05) is 0 Å². The maximum absolute atomic E-state index is 12.2. The van der Waals surface area contributed by atoms with Gasteiger partial charge in [0, 0.05) is 11.3 Å². The van der Waals surface area contributed by atoms with Crippen molar-refractivity contribution in [2.75, 3.05) is 19.5 Å². The van der Waals surface area contributed by atoms with Crippen molar-refractivity contribution in [2.24, 2.45) is 0 Å². The Balaban J connectivity index is 1.69. The van der Waals surface area contributed by atoms with Crippen LogP contribution in [0.15, 0.2) is 59.5 Å². The second-order valence-electron chi connectivity index (χ2n) is 5.59. The molecular weight excluding hydrogens is 348 g/mol. The molecule has 27 heavy (non-hydrogen) atoms. The number of carbonyl (C=O) groups is 1. The number of rotatable bonds is 6. The molecule has 0 saturated heterocycles. The molecule has 0 unspecified atom stereocenters. The van der Waals surface area contributed by atoms with E-state index >= 15 is 0 Å². The number of carbonyl (C=O) groups excluding carboxylic acids is 1. The van der Waals surface area contributed by atoms with Crippen LogP contribution in [-0.4, -0.2) is 34.9 Å². The number of methoxy groups -OCH3 is 2. The van der Waals surface area contributed by atoms with E-state index in [9.17, 15) is 9.59 Å². The fourth-order valence-corrected chi connectivity index (χ4v) is 2.38. The molecule has 8 heteroatoms. The van der Waals surface area contributed by atoms with Crippen molar-refractivity contribution in [3.63, 3.8) is 0 Å². The molecule has 1 heterocycles. The van der Waals surface area contributed by atoms with Crippen molar-refractivity contribution < 1.29 is 14.3 Å². The summed E-state index contributed by atoms with van der Waals surface area (Å²) in [5, 5.41) is 6.73. The predicted octanol–water partition coefficient (Wildman–Crippen LogP) is 1.96. The number of benzene rings is 2. The molecule has 0 aliphatic heterocycles. The first-order chi connectivity index (χ1) is 13.1. The van der Waals surface area contributed by atoms with Crippen molar-refractivity contribution in [3.8, 4) is 22.8 Å². The lowest BCUT2D eigenvalue weighted by Gasteiger charge is -2.08. The van der Waals surface area contributed by atoms with Crippen LogP contribution < -0.4 is 20.5 Å². The summed E-state index contributed by atoms with van der Waals surface area (Å²) in [4.78, 5) is 28.3. The number of nitrogens with zero attached hydrogens (tertiary/aromatic N) is 3. The molecule has 0 aliphatic carbocycles. The van der Waals surface area contributed by atoms with Crippen LogP contribution in [0.3, 0.4) is 0 Å². The predicted molar refractivity (Wildman–Crippen MR) is 99.9 cm³/mol. The first-order valence-electron chi connectivity index (χ1n) is 8.11. The van der Waals surface area contributed by atoms with Gasteiger partial charge in [0.05, 0.1) is 26.1 Å². The summed E-state index contributed by atoms with van der Waals surface area (Å²) in [7, 11) is 3.14. The Morgan fingerprint density at radius 3 is 2.15 bits per heavy atom. The van der Waals surface area contributed by atoms with Gasteiger partial charge in [-0.05, 0) is 48.5 Å². The number of anilines is 1. The second-order valence-corrected chi connectivity index (χ2v) is 5.59. The van der Waals surface area contributed by atoms with E-state index in [0.717, 1.165) is 10.2 Å². The first kappa shape index (κ1) is 18.1. The van der Waals surface area contributed by atoms with Crippen LogP contribution in [0.1, 0.15) is 0 Å². The number of hydrogen-bond donors (Lipinski definition) is 1. The monoisotopic (exact) mass is 366 g/mol. The summed E-state index contributed by atoms with van der Waals surface area (Å²) >= 11 is 0. The maximum atomic E-state index is 12.2. The third-order valence-corrected chi connectivity index (χ3v) is 3.81. The molecule has 0 atom stereocenters. The molecule has 8 nitrogen and oxygen atoms in total. The molecule has 0 aliphatic rings. The highest BCUT2D eigenvalue weighted by molar-refractivity contribution is 5.90. The van der Waals surface area contributed by atoms with Gasteiger partial charge in [-0.2, -0.15) is 10.1 Å². The maximum Gasteiger partial charge on any atom is 0.365 e. The van der Waals surface area contributed by atoms with Crippen molar-refractivity contribution in [1.29, 1.82) is 0 Å². The molecule has 1 amide bonds. The molecule has 1 aromatic heterocycles. The third-order valence-electron chi connectivity index (χ3n) is 3.81. The number of amides is 1. The molecule has 0 bridgehead atoms. The number of hydrogen-bond acceptors (Lipinski definition) is 6. The van der Waals surface area contributed by atoms with Gasteiger partial charge < -0.3 is 14.8 Å². The minimum absolute atomic E-state index is 0.235. The highest BCUT2D eigenvalue weighted by Crippen LogP contribution is 2.19. The molecule has 0 spiro atoms. The zero-order valence-electron chi connectivity index (χ0n) is 14.9. The highest BCUT2D eigenvalue weighted by atomic mass is 16.5. The van der Waals surface area contributed by atoms with E-state index in [2.05, 4.69) is 15.4 Å². The van der Waals surface area contributed by atoms with E-state index in [1.54, 1.807) is 62.8 Å². The smallest absolute Gasteiger partial charge is 0.365 e. The lowest BCUT2D eigenvalue weighted by molar-refractivity contribution is -0.117. The average Bonchev–Trinajstić information content (AvgIpc) is 2.70. The summed E-state index contributed by atoms with van der Waals surface area (Å²) in [6, 6.07) is 14.0. The fourth-order valence-electron chi connectivity index (χ4n) is 2.38. The highest BCUT2D eigenvalue weighted by Gasteiger charge is 2.09. The summed E-state index contributed by atoms with van der Waals surface area (Å²) in [6.07, 6.45) is 1.45. The molecule has 2 aromatic carbocycles. The average molecular weight is 366 g/mol. The third kappa shape index (κ3) is 4.49. The molecule has 0 radical (unpaired) electrons. The van der Waals surface area contributed by atoms with E-state index in [1.807, 2.05) is 0 Å². The van der Waals surface area contributed by atoms with Gasteiger partial charge in [-0.15, -0.1) is 0 Å². The van der Waals surface area contributed by atoms with Gasteiger partial charge in [0.1, 0.15) is 18.0 Å². The van der Waals surface area contributed by atoms with Crippen molar-refractivity contribution >= 4 is 11.6 Å². The summed E-state index contributed by atoms with van der Waals surface area (Å²) in [5.41, 5.74) is 1.15. The van der Waals surface area contributed by atoms with Crippen LogP contribution in [0.4, 0.5) is 5.69 Å². The number of nitrogens with one attached hydrogen (secondary N) is 1. The van der Waals surface area contributed by atoms with Crippen molar-refractivity contribution in [2.45, 2.75) is 6.54 Å². The van der Waals surface area contributed by atoms with Gasteiger partial charge in [-0.25, -0.2) is 9.48 Å². The Morgan fingerprint density at radius 1 is 1.00 bits per heavy atom. The Labute approximate surface area is 155 Å². The van der Waals surface area contributed by atoms with Gasteiger partial charge in [-0.3, -0.25) is 4.79 Å². The summed E-state index contributed by atoms with van der Waals surface area (Å²) in [6.45, 7) is -0.235. The lowest BCUT2D eigenvalue weighted by atomic mass is 10.1.